The lowest BCUT2D eigenvalue weighted by Gasteiger charge is -2.16. The highest BCUT2D eigenvalue weighted by atomic mass is 32.2. The van der Waals surface area contributed by atoms with Crippen LogP contribution in [0.1, 0.15) is 11.1 Å². The molecule has 0 atom stereocenters. The number of thioether (sulfide) groups is 1. The third-order valence-electron chi connectivity index (χ3n) is 4.40. The first-order valence-corrected chi connectivity index (χ1v) is 10.4. The number of phenols is 1. The van der Waals surface area contributed by atoms with E-state index in [1.165, 1.54) is 5.01 Å². The molecule has 1 saturated heterocycles. The predicted octanol–water partition coefficient (Wildman–Crippen LogP) is 4.27. The molecule has 0 unspecified atom stereocenters. The third-order valence-corrected chi connectivity index (χ3v) is 5.37. The second-order valence-electron chi connectivity index (χ2n) is 6.77. The van der Waals surface area contributed by atoms with E-state index in [1.54, 1.807) is 30.3 Å². The second-order valence-corrected chi connectivity index (χ2v) is 7.78. The van der Waals surface area contributed by atoms with Gasteiger partial charge in [-0.25, -0.2) is 4.99 Å². The molecule has 7 heteroatoms. The number of carbonyl (C=O) groups is 2. The Balaban J connectivity index is 1.61. The number of hydrogen-bond acceptors (Lipinski definition) is 5. The number of rotatable bonds is 5. The summed E-state index contributed by atoms with van der Waals surface area (Å²) in [6, 6.07) is 25.1. The zero-order valence-corrected chi connectivity index (χ0v) is 17.3. The maximum absolute atomic E-state index is 13.1. The standard InChI is InChI=1S/C24H19N3O3S/c28-20-13-7-10-18(14-20)15-21-23(30)27(24(31-21)25-19-11-5-2-6-12-19)26-22(29)16-17-8-3-1-4-9-17/h1-15,28H,16H2,(H,26,29)/b21-15-,25-24?. The highest BCUT2D eigenvalue weighted by Gasteiger charge is 2.35. The van der Waals surface area contributed by atoms with E-state index in [1.807, 2.05) is 60.7 Å². The number of aromatic hydroxyl groups is 1. The van der Waals surface area contributed by atoms with Crippen molar-refractivity contribution in [1.82, 2.24) is 10.4 Å². The van der Waals surface area contributed by atoms with Gasteiger partial charge in [-0.15, -0.1) is 0 Å². The van der Waals surface area contributed by atoms with Gasteiger partial charge in [0.25, 0.3) is 5.91 Å². The summed E-state index contributed by atoms with van der Waals surface area (Å²) in [4.78, 5) is 30.6. The molecule has 31 heavy (non-hydrogen) atoms. The molecule has 0 aliphatic carbocycles. The largest absolute Gasteiger partial charge is 0.508 e. The van der Waals surface area contributed by atoms with Crippen molar-refractivity contribution in [1.29, 1.82) is 0 Å². The molecule has 0 radical (unpaired) electrons. The van der Waals surface area contributed by atoms with Crippen molar-refractivity contribution in [2.24, 2.45) is 4.99 Å². The Hall–Kier alpha value is -3.84. The van der Waals surface area contributed by atoms with Gasteiger partial charge in [-0.1, -0.05) is 60.7 Å². The summed E-state index contributed by atoms with van der Waals surface area (Å²) in [5.74, 6) is -0.597. The summed E-state index contributed by atoms with van der Waals surface area (Å²) >= 11 is 1.16. The first-order chi connectivity index (χ1) is 15.1. The molecule has 154 valence electrons. The second kappa shape index (κ2) is 9.32. The minimum absolute atomic E-state index is 0.107. The van der Waals surface area contributed by atoms with Gasteiger partial charge in [0.15, 0.2) is 5.17 Å². The van der Waals surface area contributed by atoms with E-state index >= 15 is 0 Å². The van der Waals surface area contributed by atoms with Crippen LogP contribution in [0.2, 0.25) is 0 Å². The van der Waals surface area contributed by atoms with E-state index in [-0.39, 0.29) is 24.0 Å². The zero-order chi connectivity index (χ0) is 21.6. The van der Waals surface area contributed by atoms with E-state index < -0.39 is 0 Å². The van der Waals surface area contributed by atoms with Gasteiger partial charge in [0, 0.05) is 0 Å². The molecule has 0 saturated carbocycles. The van der Waals surface area contributed by atoms with Crippen LogP contribution >= 0.6 is 11.8 Å². The average molecular weight is 430 g/mol. The maximum Gasteiger partial charge on any atom is 0.285 e. The first-order valence-electron chi connectivity index (χ1n) is 9.59. The third kappa shape index (κ3) is 5.21. The topological polar surface area (TPSA) is 82.0 Å². The lowest BCUT2D eigenvalue weighted by molar-refractivity contribution is -0.132. The summed E-state index contributed by atoms with van der Waals surface area (Å²) in [7, 11) is 0. The van der Waals surface area contributed by atoms with Crippen LogP contribution < -0.4 is 5.43 Å². The van der Waals surface area contributed by atoms with E-state index in [2.05, 4.69) is 10.4 Å². The summed E-state index contributed by atoms with van der Waals surface area (Å²) in [6.45, 7) is 0. The quantitative estimate of drug-likeness (QED) is 0.594. The average Bonchev–Trinajstić information content (AvgIpc) is 3.04. The normalized spacial score (nSPS) is 16.1. The van der Waals surface area contributed by atoms with Crippen LogP contribution in [0.3, 0.4) is 0 Å². The number of hydrazine groups is 1. The molecule has 6 nitrogen and oxygen atoms in total. The van der Waals surface area contributed by atoms with Crippen LogP contribution in [0.25, 0.3) is 6.08 Å². The first kappa shape index (κ1) is 20.4. The minimum Gasteiger partial charge on any atom is -0.508 e. The number of amidine groups is 1. The van der Waals surface area contributed by atoms with Crippen molar-refractivity contribution < 1.29 is 14.7 Å². The Kier molecular flexibility index (Phi) is 6.14. The summed E-state index contributed by atoms with van der Waals surface area (Å²) in [5, 5.41) is 11.2. The molecule has 0 bridgehead atoms. The Morgan fingerprint density at radius 2 is 1.71 bits per heavy atom. The summed E-state index contributed by atoms with van der Waals surface area (Å²) in [6.07, 6.45) is 1.80. The number of hydrogen-bond donors (Lipinski definition) is 2. The van der Waals surface area contributed by atoms with Gasteiger partial charge < -0.3 is 5.11 Å². The molecular weight excluding hydrogens is 410 g/mol. The number of aliphatic imine (C=N–C) groups is 1. The molecule has 0 aromatic heterocycles. The Morgan fingerprint density at radius 3 is 2.42 bits per heavy atom. The summed E-state index contributed by atoms with van der Waals surface area (Å²) < 4.78 is 0. The Labute approximate surface area is 183 Å². The molecule has 2 amide bonds. The highest BCUT2D eigenvalue weighted by Crippen LogP contribution is 2.33. The number of phenolic OH excluding ortho intramolecular Hbond substituents is 1. The van der Waals surface area contributed by atoms with Gasteiger partial charge in [-0.2, -0.15) is 5.01 Å². The lowest BCUT2D eigenvalue weighted by atomic mass is 10.1. The molecule has 1 fully saturated rings. The number of benzene rings is 3. The lowest BCUT2D eigenvalue weighted by Crippen LogP contribution is -2.46. The van der Waals surface area contributed by atoms with Gasteiger partial charge in [-0.3, -0.25) is 15.0 Å². The van der Waals surface area contributed by atoms with Crippen LogP contribution in [-0.4, -0.2) is 27.1 Å². The monoisotopic (exact) mass is 429 g/mol. The van der Waals surface area contributed by atoms with E-state index in [0.29, 0.717) is 21.3 Å². The fraction of sp³-hybridized carbons (Fsp3) is 0.0417. The molecule has 3 aromatic rings. The van der Waals surface area contributed by atoms with Gasteiger partial charge in [0.1, 0.15) is 5.75 Å². The minimum atomic E-state index is -0.385. The number of para-hydroxylation sites is 1. The Morgan fingerprint density at radius 1 is 1.00 bits per heavy atom. The van der Waals surface area contributed by atoms with E-state index in [0.717, 1.165) is 17.3 Å². The van der Waals surface area contributed by atoms with Crippen molar-refractivity contribution in [3.8, 4) is 5.75 Å². The van der Waals surface area contributed by atoms with Crippen LogP contribution in [-0.2, 0) is 16.0 Å². The molecule has 3 aromatic carbocycles. The van der Waals surface area contributed by atoms with Crippen LogP contribution in [0.15, 0.2) is 94.8 Å². The summed E-state index contributed by atoms with van der Waals surface area (Å²) in [5.41, 5.74) is 4.86. The van der Waals surface area contributed by atoms with Crippen LogP contribution in [0, 0.1) is 0 Å². The number of nitrogens with one attached hydrogen (secondary N) is 1. The molecule has 1 heterocycles. The van der Waals surface area contributed by atoms with Gasteiger partial charge in [-0.05, 0) is 53.2 Å². The molecule has 4 rings (SSSR count). The fourth-order valence-corrected chi connectivity index (χ4v) is 3.91. The van der Waals surface area contributed by atoms with Crippen LogP contribution in [0.4, 0.5) is 5.69 Å². The predicted molar refractivity (Wildman–Crippen MR) is 122 cm³/mol. The zero-order valence-electron chi connectivity index (χ0n) is 16.4. The van der Waals surface area contributed by atoms with E-state index in [4.69, 9.17) is 0 Å². The maximum atomic E-state index is 13.1. The number of nitrogens with zero attached hydrogens (tertiary/aromatic N) is 2. The Bertz CT molecular complexity index is 1160. The van der Waals surface area contributed by atoms with Gasteiger partial charge in [0.05, 0.1) is 17.0 Å². The van der Waals surface area contributed by atoms with Gasteiger partial charge >= 0.3 is 0 Å². The van der Waals surface area contributed by atoms with Crippen LogP contribution in [0.5, 0.6) is 5.75 Å². The van der Waals surface area contributed by atoms with Crippen molar-refractivity contribution >= 4 is 40.5 Å². The number of amides is 2. The van der Waals surface area contributed by atoms with Crippen molar-refractivity contribution in [3.05, 3.63) is 101 Å². The smallest absolute Gasteiger partial charge is 0.285 e. The molecule has 0 spiro atoms. The van der Waals surface area contributed by atoms with Gasteiger partial charge in [0.2, 0.25) is 5.91 Å². The molecule has 2 N–H and O–H groups in total. The molecule has 1 aliphatic heterocycles. The van der Waals surface area contributed by atoms with Crippen molar-refractivity contribution in [3.63, 3.8) is 0 Å². The van der Waals surface area contributed by atoms with Crippen molar-refractivity contribution in [2.75, 3.05) is 0 Å². The molecule has 1 aliphatic rings. The molecular formula is C24H19N3O3S. The fourth-order valence-electron chi connectivity index (χ4n) is 2.97. The van der Waals surface area contributed by atoms with E-state index in [9.17, 15) is 14.7 Å². The SMILES string of the molecule is O=C(Cc1ccccc1)NN1C(=O)/C(=C/c2cccc(O)c2)SC1=Nc1ccccc1. The highest BCUT2D eigenvalue weighted by molar-refractivity contribution is 8.18. The van der Waals surface area contributed by atoms with Crippen molar-refractivity contribution in [2.45, 2.75) is 6.42 Å². The number of carbonyl (C=O) groups excluding carboxylic acids is 2.